The van der Waals surface area contributed by atoms with Crippen LogP contribution in [-0.2, 0) is 0 Å². The number of phenolic OH excluding ortho intramolecular Hbond substituents is 1. The van der Waals surface area contributed by atoms with Gasteiger partial charge in [-0.2, -0.15) is 0 Å². The molecule has 0 unspecified atom stereocenters. The molecule has 2 aromatic rings. The van der Waals surface area contributed by atoms with Gasteiger partial charge in [-0.15, -0.1) is 0 Å². The van der Waals surface area contributed by atoms with E-state index in [0.29, 0.717) is 17.7 Å². The summed E-state index contributed by atoms with van der Waals surface area (Å²) in [6.07, 6.45) is 3.22. The Morgan fingerprint density at radius 1 is 0.960 bits per heavy atom. The fourth-order valence-electron chi connectivity index (χ4n) is 1.56. The molecule has 0 fully saturated rings. The molecule has 0 radical (unpaired) electrons. The van der Waals surface area contributed by atoms with Crippen LogP contribution in [0.25, 0.3) is 0 Å². The minimum atomic E-state index is -1.21. The van der Waals surface area contributed by atoms with E-state index in [1.807, 2.05) is 0 Å². The first kappa shape index (κ1) is 19.1. The molecule has 25 heavy (non-hydrogen) atoms. The van der Waals surface area contributed by atoms with Crippen molar-refractivity contribution in [2.45, 2.75) is 6.92 Å². The quantitative estimate of drug-likeness (QED) is 0.492. The monoisotopic (exact) mass is 350 g/mol. The predicted octanol–water partition coefficient (Wildman–Crippen LogP) is 2.40. The van der Waals surface area contributed by atoms with Gasteiger partial charge in [0.1, 0.15) is 0 Å². The average Bonchev–Trinajstić information content (AvgIpc) is 2.55. The van der Waals surface area contributed by atoms with Crippen LogP contribution in [0, 0.1) is 30.3 Å². The van der Waals surface area contributed by atoms with Crippen molar-refractivity contribution in [2.75, 3.05) is 0 Å². The van der Waals surface area contributed by atoms with E-state index in [1.165, 1.54) is 6.92 Å². The Labute approximate surface area is 138 Å². The standard InChI is InChI=1S/C7H7NO.C6H3N3O7/c1-6(9)7-2-4-8-5-3-7;10-6-4(8(13)14)1-3(7(11)12)2-5(6)9(15)16/h2-5H,1H3;1-2,10H. The Hall–Kier alpha value is -3.96. The fraction of sp³-hybridized carbons (Fsp3) is 0.0769. The molecule has 1 aromatic heterocycles. The van der Waals surface area contributed by atoms with Crippen molar-refractivity contribution in [1.82, 2.24) is 4.98 Å². The number of rotatable bonds is 4. The molecule has 1 N–H and O–H groups in total. The Morgan fingerprint density at radius 3 is 1.68 bits per heavy atom. The van der Waals surface area contributed by atoms with Crippen LogP contribution in [0.2, 0.25) is 0 Å². The smallest absolute Gasteiger partial charge is 0.324 e. The van der Waals surface area contributed by atoms with Gasteiger partial charge in [0.15, 0.2) is 5.78 Å². The van der Waals surface area contributed by atoms with E-state index in [1.54, 1.807) is 24.5 Å². The molecule has 0 aliphatic heterocycles. The van der Waals surface area contributed by atoms with Crippen LogP contribution in [-0.4, -0.2) is 30.6 Å². The van der Waals surface area contributed by atoms with Gasteiger partial charge in [0.2, 0.25) is 0 Å². The van der Waals surface area contributed by atoms with Crippen molar-refractivity contribution in [3.05, 3.63) is 72.6 Å². The molecule has 1 aromatic carbocycles. The van der Waals surface area contributed by atoms with Gasteiger partial charge in [-0.3, -0.25) is 40.1 Å². The van der Waals surface area contributed by atoms with Crippen molar-refractivity contribution < 1.29 is 24.7 Å². The zero-order valence-electron chi connectivity index (χ0n) is 12.6. The second kappa shape index (κ2) is 8.05. The number of nitrogens with zero attached hydrogens (tertiary/aromatic N) is 4. The topological polar surface area (TPSA) is 180 Å². The zero-order valence-corrected chi connectivity index (χ0v) is 12.6. The van der Waals surface area contributed by atoms with Crippen molar-refractivity contribution in [2.24, 2.45) is 0 Å². The number of benzene rings is 1. The summed E-state index contributed by atoms with van der Waals surface area (Å²) < 4.78 is 0. The molecule has 0 saturated heterocycles. The molecule has 0 aliphatic carbocycles. The van der Waals surface area contributed by atoms with Crippen molar-refractivity contribution in [3.8, 4) is 5.75 Å². The first-order chi connectivity index (χ1) is 11.6. The molecule has 0 saturated carbocycles. The van der Waals surface area contributed by atoms with Crippen LogP contribution < -0.4 is 0 Å². The number of carbonyl (C=O) groups excluding carboxylic acids is 1. The molecular weight excluding hydrogens is 340 g/mol. The lowest BCUT2D eigenvalue weighted by molar-refractivity contribution is -0.404. The third kappa shape index (κ3) is 5.02. The Kier molecular flexibility index (Phi) is 6.15. The molecule has 2 rings (SSSR count). The van der Waals surface area contributed by atoms with Gasteiger partial charge in [-0.25, -0.2) is 0 Å². The van der Waals surface area contributed by atoms with Gasteiger partial charge in [-0.05, 0) is 19.1 Å². The summed E-state index contributed by atoms with van der Waals surface area (Å²) in [5.41, 5.74) is -2.29. The number of hydrogen-bond acceptors (Lipinski definition) is 9. The second-order valence-corrected chi connectivity index (χ2v) is 4.40. The van der Waals surface area contributed by atoms with E-state index in [9.17, 15) is 35.1 Å². The number of Topliss-reactive ketones (excluding diaryl/α,β-unsaturated/α-hetero) is 1. The maximum absolute atomic E-state index is 10.6. The van der Waals surface area contributed by atoms with Crippen molar-refractivity contribution in [3.63, 3.8) is 0 Å². The first-order valence-electron chi connectivity index (χ1n) is 6.36. The normalized spacial score (nSPS) is 9.48. The molecule has 130 valence electrons. The molecule has 0 amide bonds. The van der Waals surface area contributed by atoms with Crippen LogP contribution in [0.15, 0.2) is 36.7 Å². The number of ketones is 1. The largest absolute Gasteiger partial charge is 0.497 e. The third-order valence-electron chi connectivity index (χ3n) is 2.75. The maximum atomic E-state index is 10.6. The summed E-state index contributed by atoms with van der Waals surface area (Å²) in [5, 5.41) is 40.2. The Bertz CT molecular complexity index is 802. The highest BCUT2D eigenvalue weighted by Gasteiger charge is 2.30. The average molecular weight is 350 g/mol. The molecular formula is C13H10N4O8. The predicted molar refractivity (Wildman–Crippen MR) is 82.3 cm³/mol. The molecule has 0 atom stereocenters. The number of aromatic nitrogens is 1. The number of nitro benzene ring substituents is 3. The second-order valence-electron chi connectivity index (χ2n) is 4.40. The number of hydrogen-bond donors (Lipinski definition) is 1. The number of pyridine rings is 1. The summed E-state index contributed by atoms with van der Waals surface area (Å²) in [6, 6.07) is 4.29. The molecule has 0 spiro atoms. The highest BCUT2D eigenvalue weighted by molar-refractivity contribution is 5.93. The number of aromatic hydroxyl groups is 1. The van der Waals surface area contributed by atoms with Crippen LogP contribution in [0.4, 0.5) is 17.1 Å². The summed E-state index contributed by atoms with van der Waals surface area (Å²) in [5.74, 6) is -1.13. The molecule has 1 heterocycles. The first-order valence-corrected chi connectivity index (χ1v) is 6.36. The number of nitro groups is 3. The SMILES string of the molecule is CC(=O)c1ccncc1.O=[N+]([O-])c1cc([N+](=O)[O-])c(O)c([N+](=O)[O-])c1. The van der Waals surface area contributed by atoms with E-state index in [4.69, 9.17) is 5.11 Å². The van der Waals surface area contributed by atoms with Crippen LogP contribution in [0.5, 0.6) is 5.75 Å². The van der Waals surface area contributed by atoms with E-state index in [-0.39, 0.29) is 5.78 Å². The van der Waals surface area contributed by atoms with Crippen LogP contribution in [0.1, 0.15) is 17.3 Å². The lowest BCUT2D eigenvalue weighted by atomic mass is 10.2. The molecule has 0 bridgehead atoms. The third-order valence-corrected chi connectivity index (χ3v) is 2.75. The van der Waals surface area contributed by atoms with Gasteiger partial charge in [0, 0.05) is 18.0 Å². The number of carbonyl (C=O) groups is 1. The summed E-state index contributed by atoms with van der Waals surface area (Å²) >= 11 is 0. The van der Waals surface area contributed by atoms with Gasteiger partial charge < -0.3 is 5.11 Å². The van der Waals surface area contributed by atoms with Crippen LogP contribution >= 0.6 is 0 Å². The van der Waals surface area contributed by atoms with Gasteiger partial charge in [0.05, 0.1) is 26.9 Å². The lowest BCUT2D eigenvalue weighted by Crippen LogP contribution is -1.97. The van der Waals surface area contributed by atoms with Gasteiger partial charge in [-0.1, -0.05) is 0 Å². The number of non-ortho nitro benzene ring substituents is 1. The van der Waals surface area contributed by atoms with Gasteiger partial charge in [0.25, 0.3) is 11.4 Å². The highest BCUT2D eigenvalue weighted by atomic mass is 16.6. The molecule has 0 aliphatic rings. The lowest BCUT2D eigenvalue weighted by Gasteiger charge is -1.97. The van der Waals surface area contributed by atoms with E-state index < -0.39 is 37.6 Å². The number of phenols is 1. The summed E-state index contributed by atoms with van der Waals surface area (Å²) in [6.45, 7) is 1.54. The van der Waals surface area contributed by atoms with Crippen LogP contribution in [0.3, 0.4) is 0 Å². The minimum Gasteiger partial charge on any atom is -0.497 e. The van der Waals surface area contributed by atoms with Gasteiger partial charge >= 0.3 is 11.4 Å². The molecule has 12 nitrogen and oxygen atoms in total. The van der Waals surface area contributed by atoms with E-state index in [0.717, 1.165) is 0 Å². The molecule has 12 heteroatoms. The summed E-state index contributed by atoms with van der Waals surface area (Å²) in [4.78, 5) is 42.2. The van der Waals surface area contributed by atoms with Crippen molar-refractivity contribution >= 4 is 22.8 Å². The van der Waals surface area contributed by atoms with Crippen molar-refractivity contribution in [1.29, 1.82) is 0 Å². The highest BCUT2D eigenvalue weighted by Crippen LogP contribution is 2.38. The zero-order chi connectivity index (χ0) is 19.1. The minimum absolute atomic E-state index is 0.0809. The van der Waals surface area contributed by atoms with E-state index in [2.05, 4.69) is 4.98 Å². The Morgan fingerprint density at radius 2 is 1.40 bits per heavy atom. The fourth-order valence-corrected chi connectivity index (χ4v) is 1.56. The maximum Gasteiger partial charge on any atom is 0.324 e. The van der Waals surface area contributed by atoms with E-state index >= 15 is 0 Å². The Balaban J connectivity index is 0.000000293. The summed E-state index contributed by atoms with van der Waals surface area (Å²) in [7, 11) is 0.